The van der Waals surface area contributed by atoms with Gasteiger partial charge in [0.2, 0.25) is 0 Å². The highest BCUT2D eigenvalue weighted by Crippen LogP contribution is 2.23. The summed E-state index contributed by atoms with van der Waals surface area (Å²) in [5.74, 6) is -0.714. The van der Waals surface area contributed by atoms with Crippen LogP contribution in [0.3, 0.4) is 0 Å². The molecule has 0 atom stereocenters. The summed E-state index contributed by atoms with van der Waals surface area (Å²) < 4.78 is 13.8. The zero-order chi connectivity index (χ0) is 13.1. The van der Waals surface area contributed by atoms with Crippen LogP contribution in [-0.4, -0.2) is 5.91 Å². The Balaban J connectivity index is 2.21. The fraction of sp³-hybridized carbons (Fsp3) is 0. The van der Waals surface area contributed by atoms with Crippen LogP contribution in [0.2, 0.25) is 5.02 Å². The van der Waals surface area contributed by atoms with Gasteiger partial charge in [-0.25, -0.2) is 4.39 Å². The summed E-state index contributed by atoms with van der Waals surface area (Å²) in [6.07, 6.45) is 0. The lowest BCUT2D eigenvalue weighted by Crippen LogP contribution is -2.12. The molecule has 0 aromatic heterocycles. The Morgan fingerprint density at radius 3 is 2.67 bits per heavy atom. The highest BCUT2D eigenvalue weighted by molar-refractivity contribution is 14.1. The molecule has 2 nitrogen and oxygen atoms in total. The molecule has 0 heterocycles. The molecule has 1 amide bonds. The maximum atomic E-state index is 12.9. The number of halogens is 3. The van der Waals surface area contributed by atoms with Crippen LogP contribution in [0.1, 0.15) is 10.4 Å². The second-order valence-corrected chi connectivity index (χ2v) is 5.24. The zero-order valence-corrected chi connectivity index (χ0v) is 12.0. The first-order valence-corrected chi connectivity index (χ1v) is 6.54. The largest absolute Gasteiger partial charge is 0.321 e. The van der Waals surface area contributed by atoms with Gasteiger partial charge in [-0.1, -0.05) is 17.7 Å². The lowest BCUT2D eigenvalue weighted by molar-refractivity contribution is 0.102. The van der Waals surface area contributed by atoms with Gasteiger partial charge in [0, 0.05) is 9.13 Å². The Kier molecular flexibility index (Phi) is 4.19. The minimum absolute atomic E-state index is 0.175. The molecule has 2 aromatic carbocycles. The van der Waals surface area contributed by atoms with Crippen LogP contribution < -0.4 is 5.32 Å². The van der Waals surface area contributed by atoms with Gasteiger partial charge in [-0.15, -0.1) is 0 Å². The smallest absolute Gasteiger partial charge is 0.255 e. The first-order valence-electron chi connectivity index (χ1n) is 5.08. The average molecular weight is 376 g/mol. The topological polar surface area (TPSA) is 29.1 Å². The van der Waals surface area contributed by atoms with Crippen molar-refractivity contribution < 1.29 is 9.18 Å². The van der Waals surface area contributed by atoms with Crippen molar-refractivity contribution in [2.75, 3.05) is 5.32 Å². The highest BCUT2D eigenvalue weighted by Gasteiger charge is 2.09. The number of hydrogen-bond donors (Lipinski definition) is 1. The van der Waals surface area contributed by atoms with E-state index in [1.807, 2.05) is 6.07 Å². The second kappa shape index (κ2) is 5.67. The van der Waals surface area contributed by atoms with Gasteiger partial charge in [0.05, 0.1) is 10.7 Å². The van der Waals surface area contributed by atoms with E-state index >= 15 is 0 Å². The van der Waals surface area contributed by atoms with E-state index in [9.17, 15) is 9.18 Å². The number of anilines is 1. The summed E-state index contributed by atoms with van der Waals surface area (Å²) >= 11 is 7.96. The van der Waals surface area contributed by atoms with E-state index in [1.165, 1.54) is 12.1 Å². The molecule has 0 radical (unpaired) electrons. The number of carbonyl (C=O) groups is 1. The molecule has 0 aliphatic carbocycles. The van der Waals surface area contributed by atoms with E-state index < -0.39 is 5.82 Å². The van der Waals surface area contributed by atoms with Crippen molar-refractivity contribution in [1.29, 1.82) is 0 Å². The highest BCUT2D eigenvalue weighted by atomic mass is 127. The van der Waals surface area contributed by atoms with Gasteiger partial charge in [-0.3, -0.25) is 4.79 Å². The van der Waals surface area contributed by atoms with Crippen molar-refractivity contribution >= 4 is 45.8 Å². The second-order valence-electron chi connectivity index (χ2n) is 3.59. The quantitative estimate of drug-likeness (QED) is 0.778. The van der Waals surface area contributed by atoms with Crippen LogP contribution in [0.5, 0.6) is 0 Å². The molecule has 2 aromatic rings. The molecule has 0 saturated heterocycles. The molecule has 92 valence electrons. The van der Waals surface area contributed by atoms with Crippen molar-refractivity contribution in [2.45, 2.75) is 0 Å². The van der Waals surface area contributed by atoms with Crippen molar-refractivity contribution in [3.63, 3.8) is 0 Å². The number of carbonyl (C=O) groups excluding carboxylic acids is 1. The lowest BCUT2D eigenvalue weighted by atomic mass is 10.2. The zero-order valence-electron chi connectivity index (χ0n) is 9.08. The first kappa shape index (κ1) is 13.3. The Morgan fingerprint density at radius 2 is 2.00 bits per heavy atom. The molecule has 0 aliphatic rings. The van der Waals surface area contributed by atoms with Crippen molar-refractivity contribution in [3.8, 4) is 0 Å². The van der Waals surface area contributed by atoms with Gasteiger partial charge in [0.15, 0.2) is 0 Å². The third-order valence-electron chi connectivity index (χ3n) is 2.27. The Hall–Kier alpha value is -1.14. The third-order valence-corrected chi connectivity index (χ3v) is 3.25. The number of hydrogen-bond acceptors (Lipinski definition) is 1. The van der Waals surface area contributed by atoms with Gasteiger partial charge in [-0.2, -0.15) is 0 Å². The molecule has 18 heavy (non-hydrogen) atoms. The number of nitrogens with one attached hydrogen (secondary N) is 1. The molecular formula is C13H8ClFINO. The summed E-state index contributed by atoms with van der Waals surface area (Å²) in [6, 6.07) is 11.0. The van der Waals surface area contributed by atoms with Crippen molar-refractivity contribution in [3.05, 3.63) is 62.4 Å². The van der Waals surface area contributed by atoms with Gasteiger partial charge in [0.25, 0.3) is 5.91 Å². The molecule has 5 heteroatoms. The summed E-state index contributed by atoms with van der Waals surface area (Å²) in [4.78, 5) is 11.9. The minimum Gasteiger partial charge on any atom is -0.321 e. The van der Waals surface area contributed by atoms with E-state index in [2.05, 4.69) is 27.9 Å². The van der Waals surface area contributed by atoms with Gasteiger partial charge < -0.3 is 5.32 Å². The summed E-state index contributed by atoms with van der Waals surface area (Å²) in [5.41, 5.74) is 0.921. The first-order chi connectivity index (χ1) is 8.56. The van der Waals surface area contributed by atoms with Crippen LogP contribution in [0, 0.1) is 9.39 Å². The Labute approximate surface area is 122 Å². The maximum absolute atomic E-state index is 12.9. The van der Waals surface area contributed by atoms with E-state index in [0.29, 0.717) is 11.3 Å². The molecule has 2 rings (SSSR count). The SMILES string of the molecule is O=C(Nc1ccc(F)cc1Cl)c1cccc(I)c1. The predicted octanol–water partition coefficient (Wildman–Crippen LogP) is 4.34. The summed E-state index contributed by atoms with van der Waals surface area (Å²) in [5, 5.41) is 2.82. The van der Waals surface area contributed by atoms with Gasteiger partial charge in [0.1, 0.15) is 5.82 Å². The fourth-order valence-electron chi connectivity index (χ4n) is 1.42. The predicted molar refractivity (Wildman–Crippen MR) is 78.5 cm³/mol. The maximum Gasteiger partial charge on any atom is 0.255 e. The Morgan fingerprint density at radius 1 is 1.22 bits per heavy atom. The lowest BCUT2D eigenvalue weighted by Gasteiger charge is -2.07. The van der Waals surface area contributed by atoms with Crippen molar-refractivity contribution in [1.82, 2.24) is 0 Å². The third kappa shape index (κ3) is 3.20. The van der Waals surface area contributed by atoms with Gasteiger partial charge >= 0.3 is 0 Å². The van der Waals surface area contributed by atoms with Gasteiger partial charge in [-0.05, 0) is 59.0 Å². The number of benzene rings is 2. The van der Waals surface area contributed by atoms with Crippen LogP contribution in [-0.2, 0) is 0 Å². The molecule has 0 bridgehead atoms. The molecule has 0 unspecified atom stereocenters. The minimum atomic E-state index is -0.438. The van der Waals surface area contributed by atoms with Crippen molar-refractivity contribution in [2.24, 2.45) is 0 Å². The van der Waals surface area contributed by atoms with E-state index in [4.69, 9.17) is 11.6 Å². The van der Waals surface area contributed by atoms with Crippen LogP contribution in [0.25, 0.3) is 0 Å². The van der Waals surface area contributed by atoms with Crippen LogP contribution in [0.4, 0.5) is 10.1 Å². The molecule has 0 spiro atoms. The number of amides is 1. The monoisotopic (exact) mass is 375 g/mol. The van der Waals surface area contributed by atoms with E-state index in [0.717, 1.165) is 9.64 Å². The molecule has 1 N–H and O–H groups in total. The normalized spacial score (nSPS) is 10.2. The molecule has 0 aliphatic heterocycles. The molecular weight excluding hydrogens is 368 g/mol. The summed E-state index contributed by atoms with van der Waals surface area (Å²) in [6.45, 7) is 0. The number of rotatable bonds is 2. The standard InChI is InChI=1S/C13H8ClFINO/c14-11-7-9(15)4-5-12(11)17-13(18)8-2-1-3-10(16)6-8/h1-7H,(H,17,18). The molecule has 0 saturated carbocycles. The van der Waals surface area contributed by atoms with E-state index in [-0.39, 0.29) is 10.9 Å². The fourth-order valence-corrected chi connectivity index (χ4v) is 2.17. The Bertz CT molecular complexity index is 603. The summed E-state index contributed by atoms with van der Waals surface area (Å²) in [7, 11) is 0. The van der Waals surface area contributed by atoms with E-state index in [1.54, 1.807) is 18.2 Å². The van der Waals surface area contributed by atoms with Crippen LogP contribution in [0.15, 0.2) is 42.5 Å². The average Bonchev–Trinajstić information content (AvgIpc) is 2.32. The van der Waals surface area contributed by atoms with Crippen LogP contribution >= 0.6 is 34.2 Å². The molecule has 0 fully saturated rings.